The molecule has 1 fully saturated rings. The number of rotatable bonds is 3. The minimum absolute atomic E-state index is 0. The molecule has 0 heterocycles. The average molecular weight is 499 g/mol. The first-order chi connectivity index (χ1) is 8.08. The third-order valence-corrected chi connectivity index (χ3v) is 3.82. The second-order valence-electron chi connectivity index (χ2n) is 4.48. The monoisotopic (exact) mass is 499 g/mol. The maximum atomic E-state index is 4.19. The molecule has 1 aliphatic carbocycles. The molecule has 0 aromatic heterocycles. The molecule has 0 saturated heterocycles. The molecule has 1 saturated carbocycles. The van der Waals surface area contributed by atoms with Crippen LogP contribution in [0.15, 0.2) is 0 Å². The second-order valence-corrected chi connectivity index (χ2v) is 5.66. The average Bonchev–Trinajstić information content (AvgIpc) is 2.67. The van der Waals surface area contributed by atoms with E-state index in [0.29, 0.717) is 0 Å². The van der Waals surface area contributed by atoms with Crippen molar-refractivity contribution in [3.8, 4) is 0 Å². The quantitative estimate of drug-likeness (QED) is 0.309. The van der Waals surface area contributed by atoms with Gasteiger partial charge >= 0.3 is 25.8 Å². The standard InChI is InChI=1S/C8H16BBrN.2C2H6N.CH3.Hf/c1-9(6-11-2)7-4-3-5-8(7)10;2*1-3-2;;/h7-8H,3-6H2,1-2H3;2*1-2H3;1H3;/q4*-1;+4. The zero-order valence-electron chi connectivity index (χ0n) is 13.8. The van der Waals surface area contributed by atoms with Crippen LogP contribution < -0.4 is 0 Å². The van der Waals surface area contributed by atoms with Gasteiger partial charge in [0.25, 0.3) is 0 Å². The number of alkyl halides is 1. The Balaban J connectivity index is -0.000000122. The van der Waals surface area contributed by atoms with Gasteiger partial charge in [0.1, 0.15) is 6.71 Å². The molecule has 19 heavy (non-hydrogen) atoms. The largest absolute Gasteiger partial charge is 4.00 e. The first kappa shape index (κ1) is 28.5. The first-order valence-corrected chi connectivity index (χ1v) is 7.15. The molecular weight excluding hydrogens is 467 g/mol. The molecule has 0 aromatic carbocycles. The van der Waals surface area contributed by atoms with Gasteiger partial charge in [-0.2, -0.15) is 41.7 Å². The van der Waals surface area contributed by atoms with Crippen molar-refractivity contribution in [2.45, 2.75) is 36.7 Å². The van der Waals surface area contributed by atoms with Gasteiger partial charge in [-0.25, -0.2) is 0 Å². The molecule has 6 heteroatoms. The molecular formula is C13H31BBrHfN3. The Morgan fingerprint density at radius 2 is 1.47 bits per heavy atom. The molecule has 1 rings (SSSR count). The fourth-order valence-corrected chi connectivity index (χ4v) is 3.12. The normalized spacial score (nSPS) is 19.7. The van der Waals surface area contributed by atoms with E-state index in [2.05, 4.69) is 38.7 Å². The summed E-state index contributed by atoms with van der Waals surface area (Å²) in [6, 6.07) is 0. The molecule has 3 nitrogen and oxygen atoms in total. The van der Waals surface area contributed by atoms with E-state index in [9.17, 15) is 0 Å². The maximum absolute atomic E-state index is 4.19. The minimum atomic E-state index is 0. The number of nitrogens with zero attached hydrogens (tertiary/aromatic N) is 3. The van der Waals surface area contributed by atoms with Gasteiger partial charge < -0.3 is 23.4 Å². The summed E-state index contributed by atoms with van der Waals surface area (Å²) in [5.74, 6) is 0.874. The van der Waals surface area contributed by atoms with Crippen LogP contribution in [0.25, 0.3) is 16.0 Å². The van der Waals surface area contributed by atoms with Gasteiger partial charge in [0, 0.05) is 4.83 Å². The van der Waals surface area contributed by atoms with Crippen LogP contribution in [0.5, 0.6) is 0 Å². The van der Waals surface area contributed by atoms with Crippen molar-refractivity contribution >= 4 is 22.6 Å². The summed E-state index contributed by atoms with van der Waals surface area (Å²) in [7, 11) is 8.91. The first-order valence-electron chi connectivity index (χ1n) is 6.24. The van der Waals surface area contributed by atoms with E-state index in [1.54, 1.807) is 28.2 Å². The Bertz CT molecular complexity index is 154. The summed E-state index contributed by atoms with van der Waals surface area (Å²) in [6.45, 7) is 3.09. The van der Waals surface area contributed by atoms with E-state index < -0.39 is 0 Å². The van der Waals surface area contributed by atoms with Gasteiger partial charge in [0.05, 0.1) is 0 Å². The van der Waals surface area contributed by atoms with Crippen LogP contribution in [-0.4, -0.2) is 53.2 Å². The Labute approximate surface area is 149 Å². The van der Waals surface area contributed by atoms with Crippen LogP contribution in [0, 0.1) is 7.43 Å². The van der Waals surface area contributed by atoms with Crippen molar-refractivity contribution in [2.75, 3.05) is 41.7 Å². The molecule has 0 radical (unpaired) electrons. The van der Waals surface area contributed by atoms with E-state index in [1.165, 1.54) is 19.3 Å². The zero-order valence-corrected chi connectivity index (χ0v) is 19.0. The van der Waals surface area contributed by atoms with Crippen LogP contribution in [0.1, 0.15) is 19.3 Å². The number of hydrogen-bond acceptors (Lipinski definition) is 0. The van der Waals surface area contributed by atoms with Gasteiger partial charge in [0.2, 0.25) is 0 Å². The molecule has 1 aliphatic rings. The maximum Gasteiger partial charge on any atom is 4.00 e. The summed E-state index contributed by atoms with van der Waals surface area (Å²) in [4.78, 5) is 0.763. The third-order valence-electron chi connectivity index (χ3n) is 2.68. The van der Waals surface area contributed by atoms with E-state index in [0.717, 1.165) is 23.8 Å². The fourth-order valence-electron chi connectivity index (χ4n) is 2.01. The van der Waals surface area contributed by atoms with Gasteiger partial charge in [0.15, 0.2) is 0 Å². The van der Waals surface area contributed by atoms with Gasteiger partial charge in [-0.1, -0.05) is 41.4 Å². The molecule has 0 aromatic rings. The van der Waals surface area contributed by atoms with Crippen LogP contribution in [-0.2, 0) is 25.8 Å². The summed E-state index contributed by atoms with van der Waals surface area (Å²) >= 11 is 3.73. The van der Waals surface area contributed by atoms with Crippen LogP contribution in [0.2, 0.25) is 12.6 Å². The zero-order chi connectivity index (χ0) is 13.7. The van der Waals surface area contributed by atoms with E-state index in [1.807, 2.05) is 7.05 Å². The van der Waals surface area contributed by atoms with E-state index in [4.69, 9.17) is 0 Å². The summed E-state index contributed by atoms with van der Waals surface area (Å²) < 4.78 is 0. The molecule has 112 valence electrons. The molecule has 2 atom stereocenters. The topological polar surface area (TPSA) is 42.3 Å². The van der Waals surface area contributed by atoms with Crippen molar-refractivity contribution in [2.24, 2.45) is 0 Å². The van der Waals surface area contributed by atoms with E-state index >= 15 is 0 Å². The van der Waals surface area contributed by atoms with Crippen LogP contribution >= 0.6 is 15.9 Å². The minimum Gasteiger partial charge on any atom is -0.671 e. The predicted octanol–water partition coefficient (Wildman–Crippen LogP) is 4.66. The Hall–Kier alpha value is 1.30. The predicted molar refractivity (Wildman–Crippen MR) is 92.9 cm³/mol. The molecule has 0 spiro atoms. The van der Waals surface area contributed by atoms with Crippen molar-refractivity contribution in [3.05, 3.63) is 23.4 Å². The van der Waals surface area contributed by atoms with Crippen LogP contribution in [0.4, 0.5) is 0 Å². The molecule has 0 bridgehead atoms. The van der Waals surface area contributed by atoms with Crippen molar-refractivity contribution < 1.29 is 25.8 Å². The van der Waals surface area contributed by atoms with Gasteiger partial charge in [-0.05, 0) is 6.42 Å². The third kappa shape index (κ3) is 17.2. The molecule has 0 amide bonds. The Morgan fingerprint density at radius 1 is 1.05 bits per heavy atom. The van der Waals surface area contributed by atoms with Crippen molar-refractivity contribution in [1.29, 1.82) is 0 Å². The Kier molecular flexibility index (Phi) is 32.3. The second kappa shape index (κ2) is 21.6. The molecule has 0 N–H and O–H groups in total. The SMILES string of the molecule is C[N-]C.C[N-]C.C[N-]CB(C)C1CCCC1Br.[CH3-].[Hf+4]. The summed E-state index contributed by atoms with van der Waals surface area (Å²) in [5.41, 5.74) is 0. The molecule has 2 unspecified atom stereocenters. The Morgan fingerprint density at radius 3 is 1.74 bits per heavy atom. The summed E-state index contributed by atoms with van der Waals surface area (Å²) in [6.07, 6.45) is 5.19. The number of hydrogen-bond donors (Lipinski definition) is 0. The van der Waals surface area contributed by atoms with Crippen molar-refractivity contribution in [1.82, 2.24) is 0 Å². The van der Waals surface area contributed by atoms with E-state index in [-0.39, 0.29) is 33.3 Å². The molecule has 0 aliphatic heterocycles. The van der Waals surface area contributed by atoms with Gasteiger partial charge in [-0.15, -0.1) is 0 Å². The van der Waals surface area contributed by atoms with Crippen LogP contribution in [0.3, 0.4) is 0 Å². The number of halogens is 1. The summed E-state index contributed by atoms with van der Waals surface area (Å²) in [5, 5.41) is 11.2. The fraction of sp³-hybridized carbons (Fsp3) is 0.923. The van der Waals surface area contributed by atoms with Gasteiger partial charge in [-0.3, -0.25) is 0 Å². The smallest absolute Gasteiger partial charge is 0.671 e. The van der Waals surface area contributed by atoms with Crippen molar-refractivity contribution in [3.63, 3.8) is 0 Å².